The summed E-state index contributed by atoms with van der Waals surface area (Å²) >= 11 is 3.37. The zero-order chi connectivity index (χ0) is 20.1. The second-order valence-electron chi connectivity index (χ2n) is 5.47. The number of ether oxygens (including phenoxy) is 1. The van der Waals surface area contributed by atoms with Gasteiger partial charge in [0.15, 0.2) is 0 Å². The highest BCUT2D eigenvalue weighted by Gasteiger charge is 2.13. The first-order valence-corrected chi connectivity index (χ1v) is 9.74. The van der Waals surface area contributed by atoms with E-state index in [9.17, 15) is 14.9 Å². The molecule has 0 saturated heterocycles. The minimum Gasteiger partial charge on any atom is -0.480 e. The Kier molecular flexibility index (Phi) is 6.23. The number of amides is 1. The number of nitrogens with one attached hydrogen (secondary N) is 1. The molecule has 0 saturated carbocycles. The Morgan fingerprint density at radius 1 is 1.36 bits per heavy atom. The summed E-state index contributed by atoms with van der Waals surface area (Å²) in [6.45, 7) is 0.192. The Balaban J connectivity index is 1.68. The van der Waals surface area contributed by atoms with Gasteiger partial charge in [-0.25, -0.2) is 5.43 Å². The van der Waals surface area contributed by atoms with E-state index < -0.39 is 4.92 Å². The van der Waals surface area contributed by atoms with Crippen LogP contribution in [0.15, 0.2) is 47.6 Å². The van der Waals surface area contributed by atoms with Crippen molar-refractivity contribution in [3.8, 4) is 18.1 Å². The van der Waals surface area contributed by atoms with Gasteiger partial charge in [0.25, 0.3) is 11.6 Å². The second kappa shape index (κ2) is 8.81. The molecule has 9 heteroatoms. The molecule has 0 fully saturated rings. The van der Waals surface area contributed by atoms with E-state index in [1.54, 1.807) is 24.3 Å². The number of nitro groups is 1. The molecule has 0 aliphatic heterocycles. The van der Waals surface area contributed by atoms with Crippen molar-refractivity contribution in [3.63, 3.8) is 0 Å². The summed E-state index contributed by atoms with van der Waals surface area (Å²) in [5.74, 6) is 2.70. The van der Waals surface area contributed by atoms with Gasteiger partial charge in [0.05, 0.1) is 19.6 Å². The monoisotopic (exact) mass is 505 g/mol. The van der Waals surface area contributed by atoms with Crippen molar-refractivity contribution in [3.05, 3.63) is 66.6 Å². The van der Waals surface area contributed by atoms with E-state index in [4.69, 9.17) is 11.2 Å². The molecule has 7 nitrogen and oxygen atoms in total. The van der Waals surface area contributed by atoms with Crippen molar-refractivity contribution in [2.75, 3.05) is 6.61 Å². The molecule has 0 radical (unpaired) electrons. The zero-order valence-corrected chi connectivity index (χ0v) is 17.2. The van der Waals surface area contributed by atoms with Crippen molar-refractivity contribution in [2.45, 2.75) is 0 Å². The number of terminal acetylenes is 1. The van der Waals surface area contributed by atoms with Gasteiger partial charge in [-0.15, -0.1) is 17.8 Å². The number of carbonyl (C=O) groups excluding carboxylic acids is 1. The van der Waals surface area contributed by atoms with Crippen molar-refractivity contribution in [1.82, 2.24) is 5.43 Å². The molecular weight excluding hydrogens is 493 g/mol. The summed E-state index contributed by atoms with van der Waals surface area (Å²) in [5.41, 5.74) is 3.23. The quantitative estimate of drug-likeness (QED) is 0.179. The van der Waals surface area contributed by atoms with Gasteiger partial charge in [0.1, 0.15) is 12.4 Å². The number of non-ortho nitro benzene ring substituents is 1. The molecular formula is C19H12IN3O4S. The number of carbonyl (C=O) groups is 1. The maximum atomic E-state index is 12.3. The molecule has 0 unspecified atom stereocenters. The summed E-state index contributed by atoms with van der Waals surface area (Å²) < 4.78 is 7.05. The van der Waals surface area contributed by atoms with Crippen LogP contribution in [-0.2, 0) is 0 Å². The van der Waals surface area contributed by atoms with Gasteiger partial charge in [-0.05, 0) is 58.5 Å². The van der Waals surface area contributed by atoms with Crippen LogP contribution in [0.5, 0.6) is 5.75 Å². The summed E-state index contributed by atoms with van der Waals surface area (Å²) in [7, 11) is 0. The van der Waals surface area contributed by atoms with Gasteiger partial charge < -0.3 is 4.74 Å². The Hall–Kier alpha value is -2.97. The van der Waals surface area contributed by atoms with E-state index in [0.29, 0.717) is 16.0 Å². The van der Waals surface area contributed by atoms with E-state index in [1.165, 1.54) is 29.7 Å². The summed E-state index contributed by atoms with van der Waals surface area (Å²) in [4.78, 5) is 23.1. The van der Waals surface area contributed by atoms with Crippen LogP contribution in [0.25, 0.3) is 10.1 Å². The molecule has 2 aromatic carbocycles. The third kappa shape index (κ3) is 4.65. The van der Waals surface area contributed by atoms with E-state index in [-0.39, 0.29) is 18.2 Å². The lowest BCUT2D eigenvalue weighted by molar-refractivity contribution is -0.384. The fourth-order valence-electron chi connectivity index (χ4n) is 2.31. The molecule has 1 N–H and O–H groups in total. The highest BCUT2D eigenvalue weighted by Crippen LogP contribution is 2.29. The number of halogens is 1. The van der Waals surface area contributed by atoms with E-state index in [1.807, 2.05) is 6.07 Å². The minimum absolute atomic E-state index is 0.0143. The smallest absolute Gasteiger partial charge is 0.281 e. The number of hydrogen-bond donors (Lipinski definition) is 1. The average molecular weight is 505 g/mol. The molecule has 3 aromatic rings. The Morgan fingerprint density at radius 2 is 2.18 bits per heavy atom. The van der Waals surface area contributed by atoms with Crippen molar-refractivity contribution >= 4 is 61.8 Å². The zero-order valence-electron chi connectivity index (χ0n) is 14.2. The van der Waals surface area contributed by atoms with Crippen LogP contribution < -0.4 is 10.2 Å². The number of fused-ring (bicyclic) bond motifs is 1. The molecule has 28 heavy (non-hydrogen) atoms. The van der Waals surface area contributed by atoms with Crippen molar-refractivity contribution < 1.29 is 14.5 Å². The van der Waals surface area contributed by atoms with Gasteiger partial charge in [0, 0.05) is 22.2 Å². The molecule has 0 aliphatic rings. The lowest BCUT2D eigenvalue weighted by Crippen LogP contribution is -2.16. The van der Waals surface area contributed by atoms with Gasteiger partial charge in [-0.3, -0.25) is 14.9 Å². The van der Waals surface area contributed by atoms with Crippen molar-refractivity contribution in [2.24, 2.45) is 5.10 Å². The molecule has 0 spiro atoms. The first-order valence-electron chi connectivity index (χ1n) is 7.85. The van der Waals surface area contributed by atoms with Crippen LogP contribution in [0.2, 0.25) is 0 Å². The van der Waals surface area contributed by atoms with E-state index in [2.05, 4.69) is 39.0 Å². The van der Waals surface area contributed by atoms with Crippen LogP contribution in [0, 0.1) is 26.0 Å². The summed E-state index contributed by atoms with van der Waals surface area (Å²) in [6.07, 6.45) is 6.69. The van der Waals surface area contributed by atoms with E-state index in [0.717, 1.165) is 13.8 Å². The van der Waals surface area contributed by atoms with Gasteiger partial charge in [-0.2, -0.15) is 5.10 Å². The van der Waals surface area contributed by atoms with Crippen LogP contribution in [0.1, 0.15) is 15.2 Å². The van der Waals surface area contributed by atoms with Crippen LogP contribution in [-0.4, -0.2) is 23.7 Å². The number of nitro benzene ring substituents is 1. The number of benzene rings is 2. The number of hydrazone groups is 1. The molecule has 1 heterocycles. The maximum Gasteiger partial charge on any atom is 0.281 e. The molecule has 1 aromatic heterocycles. The fraction of sp³-hybridized carbons (Fsp3) is 0.0526. The topological polar surface area (TPSA) is 93.8 Å². The Labute approximate surface area is 177 Å². The summed E-state index contributed by atoms with van der Waals surface area (Å²) in [5, 5.41) is 15.5. The van der Waals surface area contributed by atoms with E-state index >= 15 is 0 Å². The first-order chi connectivity index (χ1) is 13.5. The van der Waals surface area contributed by atoms with Gasteiger partial charge in [0.2, 0.25) is 0 Å². The number of rotatable bonds is 6. The fourth-order valence-corrected chi connectivity index (χ4v) is 3.94. The Morgan fingerprint density at radius 3 is 2.89 bits per heavy atom. The number of hydrogen-bond acceptors (Lipinski definition) is 6. The molecule has 1 amide bonds. The third-order valence-corrected chi connectivity index (χ3v) is 5.54. The summed E-state index contributed by atoms with van der Waals surface area (Å²) in [6, 6.07) is 11.5. The molecule has 140 valence electrons. The largest absolute Gasteiger partial charge is 0.480 e. The number of thiophene rings is 1. The normalized spacial score (nSPS) is 10.7. The lowest BCUT2D eigenvalue weighted by atomic mass is 10.2. The third-order valence-electron chi connectivity index (χ3n) is 3.58. The highest BCUT2D eigenvalue weighted by atomic mass is 127. The van der Waals surface area contributed by atoms with Crippen LogP contribution in [0.3, 0.4) is 0 Å². The van der Waals surface area contributed by atoms with Crippen LogP contribution in [0.4, 0.5) is 5.69 Å². The standard InChI is InChI=1S/C19H12IN3O4S/c1-2-7-27-16-5-3-12(8-15(16)20)11-21-22-19(24)18-10-13-9-14(23(25)26)4-6-17(13)28-18/h1,3-6,8-11H,7H2,(H,22,24)/b21-11-. The van der Waals surface area contributed by atoms with Crippen LogP contribution >= 0.6 is 33.9 Å². The molecule has 3 rings (SSSR count). The lowest BCUT2D eigenvalue weighted by Gasteiger charge is -2.05. The first kappa shape index (κ1) is 19.8. The Bertz CT molecular complexity index is 1130. The second-order valence-corrected chi connectivity index (χ2v) is 7.72. The predicted octanol–water partition coefficient (Wildman–Crippen LogP) is 4.19. The predicted molar refractivity (Wildman–Crippen MR) is 117 cm³/mol. The SMILES string of the molecule is C#CCOc1ccc(/C=N\NC(=O)c2cc3cc([N+](=O)[O-])ccc3s2)cc1I. The van der Waals surface area contributed by atoms with Gasteiger partial charge >= 0.3 is 0 Å². The average Bonchev–Trinajstić information content (AvgIpc) is 3.10. The molecule has 0 aliphatic carbocycles. The van der Waals surface area contributed by atoms with Gasteiger partial charge in [-0.1, -0.05) is 5.92 Å². The maximum absolute atomic E-state index is 12.3. The highest BCUT2D eigenvalue weighted by molar-refractivity contribution is 14.1. The minimum atomic E-state index is -0.467. The molecule has 0 atom stereocenters. The van der Waals surface area contributed by atoms with Crippen molar-refractivity contribution in [1.29, 1.82) is 0 Å². The molecule has 0 bridgehead atoms. The number of nitrogens with zero attached hydrogens (tertiary/aromatic N) is 2.